The first-order chi connectivity index (χ1) is 12.6. The second kappa shape index (κ2) is 5.93. The summed E-state index contributed by atoms with van der Waals surface area (Å²) >= 11 is 0. The molecule has 0 N–H and O–H groups in total. The molecule has 3 aromatic carbocycles. The van der Waals surface area contributed by atoms with Crippen LogP contribution in [0.4, 0.5) is 0 Å². The highest BCUT2D eigenvalue weighted by Gasteiger charge is 2.32. The Balaban J connectivity index is 1.71. The Bertz CT molecular complexity index is 1050. The minimum absolute atomic E-state index is 0.0351. The molecule has 126 valence electrons. The molecular weight excluding hydrogens is 332 g/mol. The summed E-state index contributed by atoms with van der Waals surface area (Å²) in [5, 5.41) is 17.1. The van der Waals surface area contributed by atoms with Crippen LogP contribution in [-0.4, -0.2) is 29.0 Å². The molecule has 6 nitrogen and oxygen atoms in total. The number of imide groups is 1. The maximum atomic E-state index is 12.7. The van der Waals surface area contributed by atoms with E-state index in [2.05, 4.69) is 5.10 Å². The molecule has 0 aromatic heterocycles. The minimum atomic E-state index is -1.28. The summed E-state index contributed by atoms with van der Waals surface area (Å²) in [6, 6.07) is 16.3. The van der Waals surface area contributed by atoms with Gasteiger partial charge in [-0.1, -0.05) is 48.5 Å². The van der Waals surface area contributed by atoms with Crippen molar-refractivity contribution < 1.29 is 19.5 Å². The average Bonchev–Trinajstić information content (AvgIpc) is 2.66. The Morgan fingerprint density at radius 3 is 2.00 bits per heavy atom. The number of amides is 2. The van der Waals surface area contributed by atoms with Crippen LogP contribution in [0.2, 0.25) is 0 Å². The van der Waals surface area contributed by atoms with E-state index in [4.69, 9.17) is 0 Å². The fraction of sp³-hybridized carbons (Fsp3) is 0. The molecule has 0 fully saturated rings. The molecule has 1 heterocycles. The number of nitrogens with zero attached hydrogens (tertiary/aromatic N) is 2. The van der Waals surface area contributed by atoms with Gasteiger partial charge in [-0.05, 0) is 28.6 Å². The molecule has 1 aliphatic heterocycles. The van der Waals surface area contributed by atoms with Crippen LogP contribution in [0.5, 0.6) is 0 Å². The second-order valence-electron chi connectivity index (χ2n) is 5.79. The number of benzene rings is 3. The molecule has 4 rings (SSSR count). The van der Waals surface area contributed by atoms with Crippen molar-refractivity contribution in [2.75, 3.05) is 0 Å². The van der Waals surface area contributed by atoms with Crippen LogP contribution in [0.3, 0.4) is 0 Å². The standard InChI is InChI=1S/C20H12N2O4/c23-18-15-5-1-3-13-4-2-6-16(17(13)15)19(24)22(18)21-11-12-7-9-14(10-8-12)20(25)26/h1-11H,(H,25,26)/p-1/b21-11-. The van der Waals surface area contributed by atoms with Gasteiger partial charge in [0.05, 0.1) is 23.3 Å². The zero-order valence-electron chi connectivity index (χ0n) is 13.4. The molecule has 2 amide bonds. The Hall–Kier alpha value is -3.80. The van der Waals surface area contributed by atoms with E-state index in [1.54, 1.807) is 24.3 Å². The van der Waals surface area contributed by atoms with E-state index in [9.17, 15) is 19.5 Å². The molecule has 0 saturated carbocycles. The smallest absolute Gasteiger partial charge is 0.282 e. The van der Waals surface area contributed by atoms with E-state index in [0.29, 0.717) is 22.1 Å². The monoisotopic (exact) mass is 343 g/mol. The van der Waals surface area contributed by atoms with Crippen molar-refractivity contribution in [3.8, 4) is 0 Å². The second-order valence-corrected chi connectivity index (χ2v) is 5.79. The van der Waals surface area contributed by atoms with Crippen molar-refractivity contribution in [2.45, 2.75) is 0 Å². The number of hydrogen-bond acceptors (Lipinski definition) is 5. The molecule has 0 spiro atoms. The van der Waals surface area contributed by atoms with E-state index in [0.717, 1.165) is 10.4 Å². The van der Waals surface area contributed by atoms with Gasteiger partial charge in [0.2, 0.25) is 0 Å². The number of carbonyl (C=O) groups is 3. The summed E-state index contributed by atoms with van der Waals surface area (Å²) in [6.07, 6.45) is 1.34. The first-order valence-electron chi connectivity index (χ1n) is 7.82. The van der Waals surface area contributed by atoms with Crippen LogP contribution in [0.25, 0.3) is 10.8 Å². The Morgan fingerprint density at radius 2 is 1.46 bits per heavy atom. The Morgan fingerprint density at radius 1 is 0.885 bits per heavy atom. The molecule has 6 heteroatoms. The zero-order chi connectivity index (χ0) is 18.3. The van der Waals surface area contributed by atoms with E-state index < -0.39 is 17.8 Å². The third kappa shape index (κ3) is 2.44. The molecule has 0 unspecified atom stereocenters. The fourth-order valence-electron chi connectivity index (χ4n) is 2.95. The highest BCUT2D eigenvalue weighted by Crippen LogP contribution is 2.29. The Labute approximate surface area is 148 Å². The Kier molecular flexibility index (Phi) is 3.58. The molecule has 0 aliphatic carbocycles. The third-order valence-corrected chi connectivity index (χ3v) is 4.22. The molecular formula is C20H11N2O4-. The van der Waals surface area contributed by atoms with Crippen LogP contribution in [-0.2, 0) is 0 Å². The number of rotatable bonds is 3. The first-order valence-corrected chi connectivity index (χ1v) is 7.82. The minimum Gasteiger partial charge on any atom is -0.545 e. The van der Waals surface area contributed by atoms with Gasteiger partial charge in [-0.15, -0.1) is 0 Å². The van der Waals surface area contributed by atoms with Gasteiger partial charge in [0.1, 0.15) is 0 Å². The van der Waals surface area contributed by atoms with E-state index >= 15 is 0 Å². The topological polar surface area (TPSA) is 89.9 Å². The molecule has 0 bridgehead atoms. The molecule has 0 atom stereocenters. The van der Waals surface area contributed by atoms with Crippen molar-refractivity contribution in [1.82, 2.24) is 5.01 Å². The normalized spacial score (nSPS) is 13.6. The number of carboxylic acid groups (broad SMARTS) is 1. The number of carbonyl (C=O) groups excluding carboxylic acids is 3. The molecule has 26 heavy (non-hydrogen) atoms. The first kappa shape index (κ1) is 15.7. The zero-order valence-corrected chi connectivity index (χ0v) is 13.4. The lowest BCUT2D eigenvalue weighted by molar-refractivity contribution is -0.255. The predicted octanol–water partition coefficient (Wildman–Crippen LogP) is 1.83. The van der Waals surface area contributed by atoms with Crippen molar-refractivity contribution >= 4 is 34.8 Å². The summed E-state index contributed by atoms with van der Waals surface area (Å²) in [4.78, 5) is 36.1. The van der Waals surface area contributed by atoms with Gasteiger partial charge < -0.3 is 9.90 Å². The summed E-state index contributed by atoms with van der Waals surface area (Å²) in [7, 11) is 0. The van der Waals surface area contributed by atoms with E-state index in [1.807, 2.05) is 12.1 Å². The average molecular weight is 343 g/mol. The number of hydrogen-bond donors (Lipinski definition) is 0. The highest BCUT2D eigenvalue weighted by atomic mass is 16.4. The van der Waals surface area contributed by atoms with Gasteiger partial charge in [-0.2, -0.15) is 10.1 Å². The molecule has 0 radical (unpaired) electrons. The largest absolute Gasteiger partial charge is 0.545 e. The highest BCUT2D eigenvalue weighted by molar-refractivity contribution is 6.25. The van der Waals surface area contributed by atoms with Gasteiger partial charge in [0.15, 0.2) is 0 Å². The van der Waals surface area contributed by atoms with Gasteiger partial charge >= 0.3 is 0 Å². The van der Waals surface area contributed by atoms with E-state index in [-0.39, 0.29) is 5.56 Å². The van der Waals surface area contributed by atoms with Crippen molar-refractivity contribution in [3.05, 3.63) is 82.9 Å². The van der Waals surface area contributed by atoms with Crippen LogP contribution >= 0.6 is 0 Å². The van der Waals surface area contributed by atoms with Crippen molar-refractivity contribution in [1.29, 1.82) is 0 Å². The van der Waals surface area contributed by atoms with Crippen LogP contribution < -0.4 is 5.11 Å². The molecule has 3 aromatic rings. The SMILES string of the molecule is O=C([O-])c1ccc(/C=N\N2C(=O)c3cccc4cccc(c34)C2=O)cc1. The summed E-state index contributed by atoms with van der Waals surface area (Å²) in [6.45, 7) is 0. The van der Waals surface area contributed by atoms with Gasteiger partial charge in [-0.3, -0.25) is 9.59 Å². The quantitative estimate of drug-likeness (QED) is 0.536. The number of carboxylic acids is 1. The van der Waals surface area contributed by atoms with Crippen LogP contribution in [0.1, 0.15) is 36.6 Å². The predicted molar refractivity (Wildman–Crippen MR) is 92.8 cm³/mol. The number of hydrazone groups is 1. The van der Waals surface area contributed by atoms with Crippen molar-refractivity contribution in [3.63, 3.8) is 0 Å². The maximum Gasteiger partial charge on any atom is 0.282 e. The van der Waals surface area contributed by atoms with E-state index in [1.165, 1.54) is 30.5 Å². The van der Waals surface area contributed by atoms with Crippen molar-refractivity contribution in [2.24, 2.45) is 5.10 Å². The summed E-state index contributed by atoms with van der Waals surface area (Å²) < 4.78 is 0. The number of aromatic carboxylic acids is 1. The van der Waals surface area contributed by atoms with Gasteiger partial charge in [0.25, 0.3) is 11.8 Å². The van der Waals surface area contributed by atoms with Gasteiger partial charge in [0, 0.05) is 5.39 Å². The van der Waals surface area contributed by atoms with Crippen LogP contribution in [0, 0.1) is 0 Å². The molecule has 0 saturated heterocycles. The lowest BCUT2D eigenvalue weighted by atomic mass is 9.95. The fourth-order valence-corrected chi connectivity index (χ4v) is 2.95. The lowest BCUT2D eigenvalue weighted by Crippen LogP contribution is -2.36. The molecule has 1 aliphatic rings. The third-order valence-electron chi connectivity index (χ3n) is 4.22. The maximum absolute atomic E-state index is 12.7. The van der Waals surface area contributed by atoms with Crippen LogP contribution in [0.15, 0.2) is 65.8 Å². The lowest BCUT2D eigenvalue weighted by Gasteiger charge is -2.22. The summed E-state index contributed by atoms with van der Waals surface area (Å²) in [5.41, 5.74) is 1.42. The van der Waals surface area contributed by atoms with Gasteiger partial charge in [-0.25, -0.2) is 0 Å². The summed E-state index contributed by atoms with van der Waals surface area (Å²) in [5.74, 6) is -2.27.